The summed E-state index contributed by atoms with van der Waals surface area (Å²) in [5.41, 5.74) is 0.388. The van der Waals surface area contributed by atoms with E-state index >= 15 is 0 Å². The fourth-order valence-corrected chi connectivity index (χ4v) is 2.01. The number of nitro benzene ring substituents is 2. The standard InChI is InChI=1S/C13H9BrN2O5/c14-8-9-4-5-13(12(6-9)16(19)20)21-11-3-1-2-10(7-11)15(17)18/h1-7H,8H2. The van der Waals surface area contributed by atoms with E-state index in [4.69, 9.17) is 4.74 Å². The zero-order valence-electron chi connectivity index (χ0n) is 10.6. The third kappa shape index (κ3) is 3.54. The molecule has 0 spiro atoms. The van der Waals surface area contributed by atoms with Crippen molar-refractivity contribution in [1.29, 1.82) is 0 Å². The number of non-ortho nitro benzene ring substituents is 1. The number of benzene rings is 2. The highest BCUT2D eigenvalue weighted by Gasteiger charge is 2.17. The summed E-state index contributed by atoms with van der Waals surface area (Å²) in [7, 11) is 0. The van der Waals surface area contributed by atoms with Gasteiger partial charge in [0.25, 0.3) is 5.69 Å². The predicted molar refractivity (Wildman–Crippen MR) is 78.9 cm³/mol. The van der Waals surface area contributed by atoms with Crippen molar-refractivity contribution in [2.45, 2.75) is 5.33 Å². The van der Waals surface area contributed by atoms with Crippen LogP contribution in [0.5, 0.6) is 11.5 Å². The fourth-order valence-electron chi connectivity index (χ4n) is 1.66. The van der Waals surface area contributed by atoms with Crippen LogP contribution in [-0.2, 0) is 5.33 Å². The Balaban J connectivity index is 2.37. The number of rotatable bonds is 5. The average Bonchev–Trinajstić information content (AvgIpc) is 2.47. The molecule has 0 heterocycles. The summed E-state index contributed by atoms with van der Waals surface area (Å²) >= 11 is 3.22. The second-order valence-corrected chi connectivity index (χ2v) is 4.61. The molecule has 2 aromatic carbocycles. The Morgan fingerprint density at radius 2 is 1.81 bits per heavy atom. The molecule has 0 aliphatic carbocycles. The highest BCUT2D eigenvalue weighted by molar-refractivity contribution is 9.08. The van der Waals surface area contributed by atoms with Gasteiger partial charge in [-0.3, -0.25) is 20.2 Å². The Kier molecular flexibility index (Phi) is 4.49. The molecule has 0 bridgehead atoms. The van der Waals surface area contributed by atoms with E-state index < -0.39 is 9.85 Å². The Morgan fingerprint density at radius 1 is 1.05 bits per heavy atom. The summed E-state index contributed by atoms with van der Waals surface area (Å²) in [5, 5.41) is 22.2. The second kappa shape index (κ2) is 6.31. The lowest BCUT2D eigenvalue weighted by Crippen LogP contribution is -1.95. The van der Waals surface area contributed by atoms with Crippen molar-refractivity contribution in [2.75, 3.05) is 0 Å². The summed E-state index contributed by atoms with van der Waals surface area (Å²) in [6, 6.07) is 10.0. The quantitative estimate of drug-likeness (QED) is 0.456. The van der Waals surface area contributed by atoms with E-state index in [1.807, 2.05) is 0 Å². The number of halogens is 1. The van der Waals surface area contributed by atoms with Crippen LogP contribution < -0.4 is 4.74 Å². The average molecular weight is 353 g/mol. The molecule has 0 fully saturated rings. The number of nitrogens with zero attached hydrogens (tertiary/aromatic N) is 2. The number of ether oxygens (including phenoxy) is 1. The predicted octanol–water partition coefficient (Wildman–Crippen LogP) is 4.19. The van der Waals surface area contributed by atoms with E-state index in [-0.39, 0.29) is 22.9 Å². The van der Waals surface area contributed by atoms with Gasteiger partial charge in [-0.25, -0.2) is 0 Å². The van der Waals surface area contributed by atoms with Gasteiger partial charge < -0.3 is 4.74 Å². The molecule has 0 aliphatic rings. The maximum atomic E-state index is 11.1. The van der Waals surface area contributed by atoms with Gasteiger partial charge in [0.2, 0.25) is 5.75 Å². The van der Waals surface area contributed by atoms with Crippen LogP contribution in [0.4, 0.5) is 11.4 Å². The number of hydrogen-bond donors (Lipinski definition) is 0. The van der Waals surface area contributed by atoms with Gasteiger partial charge in [0, 0.05) is 17.5 Å². The van der Waals surface area contributed by atoms with E-state index in [0.717, 1.165) is 5.56 Å². The fraction of sp³-hybridized carbons (Fsp3) is 0.0769. The highest BCUT2D eigenvalue weighted by Crippen LogP contribution is 2.33. The van der Waals surface area contributed by atoms with Crippen molar-refractivity contribution in [1.82, 2.24) is 0 Å². The number of nitro groups is 2. The Morgan fingerprint density at radius 3 is 2.43 bits per heavy atom. The monoisotopic (exact) mass is 352 g/mol. The maximum absolute atomic E-state index is 11.1. The molecule has 21 heavy (non-hydrogen) atoms. The first-order valence-corrected chi connectivity index (χ1v) is 6.89. The van der Waals surface area contributed by atoms with Gasteiger partial charge in [-0.2, -0.15) is 0 Å². The SMILES string of the molecule is O=[N+]([O-])c1cccc(Oc2ccc(CBr)cc2[N+](=O)[O-])c1. The lowest BCUT2D eigenvalue weighted by atomic mass is 10.2. The third-order valence-electron chi connectivity index (χ3n) is 2.63. The lowest BCUT2D eigenvalue weighted by Gasteiger charge is -2.07. The molecule has 108 valence electrons. The van der Waals surface area contributed by atoms with Crippen molar-refractivity contribution >= 4 is 27.3 Å². The largest absolute Gasteiger partial charge is 0.450 e. The Bertz CT molecular complexity index is 705. The minimum absolute atomic E-state index is 0.0326. The zero-order chi connectivity index (χ0) is 15.4. The summed E-state index contributed by atoms with van der Waals surface area (Å²) in [4.78, 5) is 20.6. The summed E-state index contributed by atoms with van der Waals surface area (Å²) in [6.07, 6.45) is 0. The molecule has 0 saturated carbocycles. The van der Waals surface area contributed by atoms with Gasteiger partial charge in [0.15, 0.2) is 0 Å². The van der Waals surface area contributed by atoms with Crippen molar-refractivity contribution in [3.05, 3.63) is 68.3 Å². The number of hydrogen-bond acceptors (Lipinski definition) is 5. The van der Waals surface area contributed by atoms with Crippen LogP contribution in [0.1, 0.15) is 5.56 Å². The van der Waals surface area contributed by atoms with Gasteiger partial charge in [0.05, 0.1) is 15.9 Å². The number of alkyl halides is 1. The van der Waals surface area contributed by atoms with Crippen LogP contribution in [-0.4, -0.2) is 9.85 Å². The van der Waals surface area contributed by atoms with Crippen LogP contribution in [0, 0.1) is 20.2 Å². The zero-order valence-corrected chi connectivity index (χ0v) is 12.1. The first-order chi connectivity index (χ1) is 10.0. The van der Waals surface area contributed by atoms with E-state index in [0.29, 0.717) is 5.33 Å². The van der Waals surface area contributed by atoms with E-state index in [2.05, 4.69) is 15.9 Å². The Hall–Kier alpha value is -2.48. The van der Waals surface area contributed by atoms with Crippen LogP contribution in [0.15, 0.2) is 42.5 Å². The lowest BCUT2D eigenvalue weighted by molar-refractivity contribution is -0.386. The smallest absolute Gasteiger partial charge is 0.311 e. The van der Waals surface area contributed by atoms with Crippen molar-refractivity contribution in [2.24, 2.45) is 0 Å². The van der Waals surface area contributed by atoms with Gasteiger partial charge in [-0.05, 0) is 17.7 Å². The second-order valence-electron chi connectivity index (χ2n) is 4.05. The molecule has 0 aliphatic heterocycles. The molecule has 0 amide bonds. The minimum Gasteiger partial charge on any atom is -0.450 e. The van der Waals surface area contributed by atoms with Crippen molar-refractivity contribution < 1.29 is 14.6 Å². The van der Waals surface area contributed by atoms with Crippen LogP contribution in [0.25, 0.3) is 0 Å². The summed E-state index contributed by atoms with van der Waals surface area (Å²) in [5.74, 6) is 0.198. The molecule has 8 heteroatoms. The molecule has 2 rings (SSSR count). The maximum Gasteiger partial charge on any atom is 0.311 e. The molecule has 0 radical (unpaired) electrons. The van der Waals surface area contributed by atoms with E-state index in [1.54, 1.807) is 6.07 Å². The molecule has 0 N–H and O–H groups in total. The van der Waals surface area contributed by atoms with Gasteiger partial charge in [-0.15, -0.1) is 0 Å². The van der Waals surface area contributed by atoms with Crippen molar-refractivity contribution in [3.8, 4) is 11.5 Å². The molecule has 0 atom stereocenters. The van der Waals surface area contributed by atoms with Crippen LogP contribution in [0.3, 0.4) is 0 Å². The molecule has 7 nitrogen and oxygen atoms in total. The molecule has 0 saturated heterocycles. The normalized spacial score (nSPS) is 10.1. The van der Waals surface area contributed by atoms with Gasteiger partial charge in [-0.1, -0.05) is 28.1 Å². The molecular weight excluding hydrogens is 344 g/mol. The van der Waals surface area contributed by atoms with Crippen molar-refractivity contribution in [3.63, 3.8) is 0 Å². The summed E-state index contributed by atoms with van der Waals surface area (Å²) in [6.45, 7) is 0. The summed E-state index contributed by atoms with van der Waals surface area (Å²) < 4.78 is 5.40. The molecule has 0 aromatic heterocycles. The van der Waals surface area contributed by atoms with Gasteiger partial charge >= 0.3 is 5.69 Å². The van der Waals surface area contributed by atoms with Gasteiger partial charge in [0.1, 0.15) is 5.75 Å². The molecule has 0 unspecified atom stereocenters. The third-order valence-corrected chi connectivity index (χ3v) is 3.28. The molecular formula is C13H9BrN2O5. The van der Waals surface area contributed by atoms with E-state index in [1.165, 1.54) is 36.4 Å². The van der Waals surface area contributed by atoms with Crippen LogP contribution >= 0.6 is 15.9 Å². The van der Waals surface area contributed by atoms with Crippen LogP contribution in [0.2, 0.25) is 0 Å². The molecule has 2 aromatic rings. The minimum atomic E-state index is -0.560. The Labute approximate surface area is 127 Å². The topological polar surface area (TPSA) is 95.5 Å². The first-order valence-electron chi connectivity index (χ1n) is 5.77. The highest BCUT2D eigenvalue weighted by atomic mass is 79.9. The van der Waals surface area contributed by atoms with E-state index in [9.17, 15) is 20.2 Å². The first kappa shape index (κ1) is 14.9.